The molecule has 2 unspecified atom stereocenters. The molecule has 4 heteroatoms. The Kier molecular flexibility index (Phi) is 4.88. The van der Waals surface area contributed by atoms with Gasteiger partial charge in [0.1, 0.15) is 0 Å². The molecule has 19 heavy (non-hydrogen) atoms. The van der Waals surface area contributed by atoms with Crippen LogP contribution in [-0.2, 0) is 6.54 Å². The number of halogens is 2. The number of nitrogens with zero attached hydrogens (tertiary/aromatic N) is 1. The number of benzene rings is 1. The number of nitrogens with one attached hydrogen (secondary N) is 1. The zero-order valence-electron chi connectivity index (χ0n) is 11.6. The monoisotopic (exact) mass is 268 g/mol. The normalized spacial score (nSPS) is 22.4. The Labute approximate surface area is 113 Å². The van der Waals surface area contributed by atoms with Crippen LogP contribution in [0.4, 0.5) is 8.78 Å². The molecular formula is C15H22F2N2. The average Bonchev–Trinajstić information content (AvgIpc) is 2.43. The largest absolute Gasteiger partial charge is 0.311 e. The zero-order chi connectivity index (χ0) is 13.8. The molecule has 106 valence electrons. The van der Waals surface area contributed by atoms with Gasteiger partial charge >= 0.3 is 0 Å². The van der Waals surface area contributed by atoms with Crippen molar-refractivity contribution in [1.29, 1.82) is 0 Å². The molecule has 2 atom stereocenters. The first-order chi connectivity index (χ1) is 9.11. The first-order valence-electron chi connectivity index (χ1n) is 7.00. The minimum atomic E-state index is -0.758. The molecule has 1 aromatic carbocycles. The van der Waals surface area contributed by atoms with Crippen LogP contribution < -0.4 is 5.32 Å². The van der Waals surface area contributed by atoms with E-state index < -0.39 is 11.6 Å². The van der Waals surface area contributed by atoms with Gasteiger partial charge < -0.3 is 5.32 Å². The lowest BCUT2D eigenvalue weighted by Crippen LogP contribution is -2.52. The van der Waals surface area contributed by atoms with Crippen molar-refractivity contribution in [2.45, 2.75) is 32.9 Å². The Morgan fingerprint density at radius 1 is 1.42 bits per heavy atom. The molecule has 0 bridgehead atoms. The van der Waals surface area contributed by atoms with Crippen LogP contribution in [0, 0.1) is 17.6 Å². The van der Waals surface area contributed by atoms with Crippen LogP contribution in [-0.4, -0.2) is 30.6 Å². The van der Waals surface area contributed by atoms with Crippen molar-refractivity contribution >= 4 is 0 Å². The van der Waals surface area contributed by atoms with Crippen molar-refractivity contribution in [2.75, 3.05) is 19.6 Å². The molecule has 0 aromatic heterocycles. The predicted octanol–water partition coefficient (Wildman–Crippen LogP) is 2.78. The fourth-order valence-corrected chi connectivity index (χ4v) is 2.56. The number of rotatable bonds is 4. The molecule has 0 amide bonds. The molecule has 0 spiro atoms. The lowest BCUT2D eigenvalue weighted by atomic mass is 9.97. The Hall–Kier alpha value is -1.00. The highest BCUT2D eigenvalue weighted by Gasteiger charge is 2.23. The van der Waals surface area contributed by atoms with E-state index in [1.165, 1.54) is 6.07 Å². The van der Waals surface area contributed by atoms with Gasteiger partial charge in [0.05, 0.1) is 0 Å². The van der Waals surface area contributed by atoms with Crippen LogP contribution in [0.25, 0.3) is 0 Å². The maximum Gasteiger partial charge on any atom is 0.163 e. The van der Waals surface area contributed by atoms with Crippen molar-refractivity contribution in [2.24, 2.45) is 5.92 Å². The quantitative estimate of drug-likeness (QED) is 0.903. The van der Waals surface area contributed by atoms with E-state index in [2.05, 4.69) is 24.1 Å². The summed E-state index contributed by atoms with van der Waals surface area (Å²) in [5.74, 6) is -0.868. The highest BCUT2D eigenvalue weighted by atomic mass is 19.2. The van der Waals surface area contributed by atoms with Crippen molar-refractivity contribution in [1.82, 2.24) is 10.2 Å². The Morgan fingerprint density at radius 2 is 2.21 bits per heavy atom. The van der Waals surface area contributed by atoms with Gasteiger partial charge in [-0.1, -0.05) is 32.4 Å². The molecule has 1 aromatic rings. The SMILES string of the molecule is CCC(C)C1CN(Cc2cccc(F)c2F)CCN1. The molecule has 1 N–H and O–H groups in total. The van der Waals surface area contributed by atoms with E-state index in [4.69, 9.17) is 0 Å². The lowest BCUT2D eigenvalue weighted by molar-refractivity contribution is 0.160. The van der Waals surface area contributed by atoms with Gasteiger partial charge in [-0.3, -0.25) is 4.90 Å². The third-order valence-electron chi connectivity index (χ3n) is 4.05. The third-order valence-corrected chi connectivity index (χ3v) is 4.05. The van der Waals surface area contributed by atoms with Gasteiger partial charge in [-0.05, 0) is 12.0 Å². The molecule has 0 saturated carbocycles. The fourth-order valence-electron chi connectivity index (χ4n) is 2.56. The van der Waals surface area contributed by atoms with E-state index in [0.29, 0.717) is 24.1 Å². The van der Waals surface area contributed by atoms with Gasteiger partial charge in [-0.25, -0.2) is 8.78 Å². The minimum absolute atomic E-state index is 0.440. The molecule has 0 aliphatic carbocycles. The van der Waals surface area contributed by atoms with Crippen LogP contribution >= 0.6 is 0 Å². The second kappa shape index (κ2) is 6.44. The molecule has 1 fully saturated rings. The molecule has 1 aliphatic heterocycles. The number of hydrogen-bond donors (Lipinski definition) is 1. The highest BCUT2D eigenvalue weighted by molar-refractivity contribution is 5.19. The maximum absolute atomic E-state index is 13.7. The van der Waals surface area contributed by atoms with Crippen molar-refractivity contribution in [3.8, 4) is 0 Å². The molecule has 2 rings (SSSR count). The van der Waals surface area contributed by atoms with E-state index in [1.807, 2.05) is 0 Å². The van der Waals surface area contributed by atoms with Gasteiger partial charge in [0, 0.05) is 37.8 Å². The Balaban J connectivity index is 2.01. The van der Waals surface area contributed by atoms with E-state index >= 15 is 0 Å². The summed E-state index contributed by atoms with van der Waals surface area (Å²) in [5, 5.41) is 3.50. The standard InChI is InChI=1S/C15H22F2N2/c1-3-11(2)14-10-19(8-7-18-14)9-12-5-4-6-13(16)15(12)17/h4-6,11,14,18H,3,7-10H2,1-2H3. The summed E-state index contributed by atoms with van der Waals surface area (Å²) in [7, 11) is 0. The zero-order valence-corrected chi connectivity index (χ0v) is 11.6. The highest BCUT2D eigenvalue weighted by Crippen LogP contribution is 2.17. The Morgan fingerprint density at radius 3 is 2.95 bits per heavy atom. The second-order valence-electron chi connectivity index (χ2n) is 5.39. The van der Waals surface area contributed by atoms with Crippen LogP contribution in [0.15, 0.2) is 18.2 Å². The van der Waals surface area contributed by atoms with Crippen molar-refractivity contribution < 1.29 is 8.78 Å². The summed E-state index contributed by atoms with van der Waals surface area (Å²) in [5.41, 5.74) is 0.449. The third kappa shape index (κ3) is 3.51. The topological polar surface area (TPSA) is 15.3 Å². The summed E-state index contributed by atoms with van der Waals surface area (Å²) in [6, 6.07) is 4.84. The predicted molar refractivity (Wildman–Crippen MR) is 72.9 cm³/mol. The summed E-state index contributed by atoms with van der Waals surface area (Å²) in [6.45, 7) is 7.57. The molecular weight excluding hydrogens is 246 g/mol. The van der Waals surface area contributed by atoms with Gasteiger partial charge in [-0.15, -0.1) is 0 Å². The summed E-state index contributed by atoms with van der Waals surface area (Å²) in [6.07, 6.45) is 1.12. The van der Waals surface area contributed by atoms with E-state index in [9.17, 15) is 8.78 Å². The summed E-state index contributed by atoms with van der Waals surface area (Å²) in [4.78, 5) is 2.20. The Bertz CT molecular complexity index is 423. The van der Waals surface area contributed by atoms with Crippen molar-refractivity contribution in [3.63, 3.8) is 0 Å². The van der Waals surface area contributed by atoms with E-state index in [-0.39, 0.29) is 0 Å². The lowest BCUT2D eigenvalue weighted by Gasteiger charge is -2.36. The summed E-state index contributed by atoms with van der Waals surface area (Å²) >= 11 is 0. The molecule has 2 nitrogen and oxygen atoms in total. The van der Waals surface area contributed by atoms with E-state index in [0.717, 1.165) is 26.1 Å². The van der Waals surface area contributed by atoms with Crippen LogP contribution in [0.1, 0.15) is 25.8 Å². The van der Waals surface area contributed by atoms with Crippen LogP contribution in [0.3, 0.4) is 0 Å². The van der Waals surface area contributed by atoms with Gasteiger partial charge in [0.2, 0.25) is 0 Å². The van der Waals surface area contributed by atoms with Gasteiger partial charge in [-0.2, -0.15) is 0 Å². The fraction of sp³-hybridized carbons (Fsp3) is 0.600. The number of hydrogen-bond acceptors (Lipinski definition) is 2. The first kappa shape index (κ1) is 14.4. The summed E-state index contributed by atoms with van der Waals surface area (Å²) < 4.78 is 26.8. The molecule has 1 heterocycles. The maximum atomic E-state index is 13.7. The van der Waals surface area contributed by atoms with Gasteiger partial charge in [0.25, 0.3) is 0 Å². The van der Waals surface area contributed by atoms with Crippen LogP contribution in [0.5, 0.6) is 0 Å². The number of piperazine rings is 1. The van der Waals surface area contributed by atoms with E-state index in [1.54, 1.807) is 12.1 Å². The molecule has 1 aliphatic rings. The van der Waals surface area contributed by atoms with Gasteiger partial charge in [0.15, 0.2) is 11.6 Å². The van der Waals surface area contributed by atoms with Crippen molar-refractivity contribution in [3.05, 3.63) is 35.4 Å². The smallest absolute Gasteiger partial charge is 0.163 e. The van der Waals surface area contributed by atoms with Crippen LogP contribution in [0.2, 0.25) is 0 Å². The first-order valence-corrected chi connectivity index (χ1v) is 7.00. The minimum Gasteiger partial charge on any atom is -0.311 e. The molecule has 1 saturated heterocycles. The second-order valence-corrected chi connectivity index (χ2v) is 5.39. The average molecular weight is 268 g/mol. The molecule has 0 radical (unpaired) electrons.